The van der Waals surface area contributed by atoms with Crippen molar-refractivity contribution in [3.8, 4) is 28.7 Å². The Balaban J connectivity index is 1.53. The molecule has 0 spiro atoms. The standard InChI is InChI=1S/C26H16N2O4/c1-15(29)30-24-14-16-10-11-17(25-27-20-6-2-4-8-22(20)31-25)12-18(16)13-19(24)26-28-21-7-3-5-9-23(21)32-26/h2-14H,1H3. The van der Waals surface area contributed by atoms with Crippen molar-refractivity contribution in [2.24, 2.45) is 0 Å². The van der Waals surface area contributed by atoms with Gasteiger partial charge in [-0.25, -0.2) is 9.97 Å². The maximum absolute atomic E-state index is 11.7. The molecule has 0 aliphatic rings. The molecular formula is C26H16N2O4. The summed E-state index contributed by atoms with van der Waals surface area (Å²) in [4.78, 5) is 20.9. The Morgan fingerprint density at radius 2 is 1.41 bits per heavy atom. The number of nitrogens with zero attached hydrogens (tertiary/aromatic N) is 2. The largest absolute Gasteiger partial charge is 0.436 e. The van der Waals surface area contributed by atoms with E-state index in [9.17, 15) is 4.79 Å². The lowest BCUT2D eigenvalue weighted by Crippen LogP contribution is -2.03. The molecule has 0 atom stereocenters. The van der Waals surface area contributed by atoms with Gasteiger partial charge >= 0.3 is 5.97 Å². The summed E-state index contributed by atoms with van der Waals surface area (Å²) in [5, 5.41) is 1.82. The highest BCUT2D eigenvalue weighted by Crippen LogP contribution is 2.37. The number of oxazole rings is 2. The van der Waals surface area contributed by atoms with Crippen molar-refractivity contribution in [1.82, 2.24) is 9.97 Å². The molecule has 6 aromatic rings. The van der Waals surface area contributed by atoms with Crippen LogP contribution in [0.3, 0.4) is 0 Å². The maximum atomic E-state index is 11.7. The summed E-state index contributed by atoms with van der Waals surface area (Å²) in [6.07, 6.45) is 0. The van der Waals surface area contributed by atoms with Crippen molar-refractivity contribution in [2.45, 2.75) is 6.92 Å². The normalized spacial score (nSPS) is 11.4. The van der Waals surface area contributed by atoms with E-state index >= 15 is 0 Å². The van der Waals surface area contributed by atoms with Crippen LogP contribution in [-0.2, 0) is 4.79 Å². The topological polar surface area (TPSA) is 78.4 Å². The predicted molar refractivity (Wildman–Crippen MR) is 121 cm³/mol. The minimum atomic E-state index is -0.412. The Kier molecular flexibility index (Phi) is 4.04. The number of benzene rings is 4. The molecule has 0 aliphatic carbocycles. The van der Waals surface area contributed by atoms with E-state index in [1.54, 1.807) is 0 Å². The van der Waals surface area contributed by atoms with E-state index in [1.807, 2.05) is 78.9 Å². The molecule has 0 aliphatic heterocycles. The van der Waals surface area contributed by atoms with Crippen molar-refractivity contribution in [2.75, 3.05) is 0 Å². The maximum Gasteiger partial charge on any atom is 0.308 e. The van der Waals surface area contributed by atoms with Gasteiger partial charge in [0.15, 0.2) is 11.2 Å². The van der Waals surface area contributed by atoms with Crippen LogP contribution in [0, 0.1) is 0 Å². The molecule has 6 heteroatoms. The Labute approximate surface area is 182 Å². The van der Waals surface area contributed by atoms with Crippen LogP contribution in [0.15, 0.2) is 87.7 Å². The minimum absolute atomic E-state index is 0.386. The zero-order valence-corrected chi connectivity index (χ0v) is 17.0. The quantitative estimate of drug-likeness (QED) is 0.244. The first-order valence-electron chi connectivity index (χ1n) is 10.1. The van der Waals surface area contributed by atoms with Gasteiger partial charge in [-0.15, -0.1) is 0 Å². The number of carbonyl (C=O) groups excluding carboxylic acids is 1. The Hall–Kier alpha value is -4.45. The number of para-hydroxylation sites is 4. The third kappa shape index (κ3) is 3.09. The minimum Gasteiger partial charge on any atom is -0.436 e. The van der Waals surface area contributed by atoms with Crippen molar-refractivity contribution >= 4 is 38.9 Å². The second kappa shape index (κ2) is 7.06. The van der Waals surface area contributed by atoms with Crippen LogP contribution in [0.25, 0.3) is 55.9 Å². The lowest BCUT2D eigenvalue weighted by Gasteiger charge is -2.09. The number of hydrogen-bond acceptors (Lipinski definition) is 6. The summed E-state index contributed by atoms with van der Waals surface area (Å²) in [5.41, 5.74) is 4.38. The van der Waals surface area contributed by atoms with Crippen LogP contribution in [0.2, 0.25) is 0 Å². The lowest BCUT2D eigenvalue weighted by atomic mass is 10.0. The summed E-state index contributed by atoms with van der Waals surface area (Å²) < 4.78 is 17.4. The average molecular weight is 420 g/mol. The molecule has 6 nitrogen and oxygen atoms in total. The molecule has 6 rings (SSSR count). The molecule has 0 bridgehead atoms. The predicted octanol–water partition coefficient (Wildman–Crippen LogP) is 6.38. The number of carbonyl (C=O) groups is 1. The van der Waals surface area contributed by atoms with E-state index in [4.69, 9.17) is 13.6 Å². The van der Waals surface area contributed by atoms with Gasteiger partial charge in [0.1, 0.15) is 16.8 Å². The molecule has 0 fully saturated rings. The fourth-order valence-electron chi connectivity index (χ4n) is 3.80. The molecule has 2 aromatic heterocycles. The molecule has 0 N–H and O–H groups in total. The van der Waals surface area contributed by atoms with Gasteiger partial charge in [-0.05, 0) is 59.3 Å². The Morgan fingerprint density at radius 1 is 0.750 bits per heavy atom. The van der Waals surface area contributed by atoms with Crippen LogP contribution in [0.4, 0.5) is 0 Å². The first-order chi connectivity index (χ1) is 15.6. The van der Waals surface area contributed by atoms with Crippen LogP contribution in [-0.4, -0.2) is 15.9 Å². The van der Waals surface area contributed by atoms with Gasteiger partial charge in [0.25, 0.3) is 0 Å². The number of esters is 1. The monoisotopic (exact) mass is 420 g/mol. The van der Waals surface area contributed by atoms with Gasteiger partial charge < -0.3 is 13.6 Å². The van der Waals surface area contributed by atoms with Crippen LogP contribution >= 0.6 is 0 Å². The highest BCUT2D eigenvalue weighted by molar-refractivity contribution is 5.94. The van der Waals surface area contributed by atoms with Crippen LogP contribution < -0.4 is 4.74 Å². The smallest absolute Gasteiger partial charge is 0.308 e. The van der Waals surface area contributed by atoms with Crippen molar-refractivity contribution in [3.63, 3.8) is 0 Å². The Bertz CT molecular complexity index is 1580. The van der Waals surface area contributed by atoms with Gasteiger partial charge in [0, 0.05) is 12.5 Å². The molecule has 154 valence electrons. The fraction of sp³-hybridized carbons (Fsp3) is 0.0385. The van der Waals surface area contributed by atoms with Gasteiger partial charge in [0.05, 0.1) is 5.56 Å². The first-order valence-corrected chi connectivity index (χ1v) is 10.1. The number of hydrogen-bond donors (Lipinski definition) is 0. The second-order valence-electron chi connectivity index (χ2n) is 7.48. The van der Waals surface area contributed by atoms with Gasteiger partial charge in [-0.3, -0.25) is 4.79 Å². The number of aromatic nitrogens is 2. The molecular weight excluding hydrogens is 404 g/mol. The lowest BCUT2D eigenvalue weighted by molar-refractivity contribution is -0.131. The fourth-order valence-corrected chi connectivity index (χ4v) is 3.80. The zero-order chi connectivity index (χ0) is 21.7. The molecule has 0 amide bonds. The van der Waals surface area contributed by atoms with Gasteiger partial charge in [-0.2, -0.15) is 0 Å². The van der Waals surface area contributed by atoms with Crippen molar-refractivity contribution in [1.29, 1.82) is 0 Å². The van der Waals surface area contributed by atoms with E-state index in [2.05, 4.69) is 9.97 Å². The van der Waals surface area contributed by atoms with Crippen LogP contribution in [0.1, 0.15) is 6.92 Å². The van der Waals surface area contributed by atoms with E-state index in [0.717, 1.165) is 33.0 Å². The average Bonchev–Trinajstić information content (AvgIpc) is 3.42. The van der Waals surface area contributed by atoms with E-state index in [-0.39, 0.29) is 0 Å². The number of rotatable bonds is 3. The molecule has 2 heterocycles. The van der Waals surface area contributed by atoms with E-state index < -0.39 is 5.97 Å². The highest BCUT2D eigenvalue weighted by Gasteiger charge is 2.17. The highest BCUT2D eigenvalue weighted by atomic mass is 16.5. The van der Waals surface area contributed by atoms with Crippen molar-refractivity contribution in [3.05, 3.63) is 78.9 Å². The number of fused-ring (bicyclic) bond motifs is 3. The summed E-state index contributed by atoms with van der Waals surface area (Å²) in [6, 6.07) is 24.8. The summed E-state index contributed by atoms with van der Waals surface area (Å²) in [5.74, 6) is 0.910. The molecule has 0 radical (unpaired) electrons. The van der Waals surface area contributed by atoms with Gasteiger partial charge in [0.2, 0.25) is 11.8 Å². The van der Waals surface area contributed by atoms with Crippen molar-refractivity contribution < 1.29 is 18.4 Å². The molecule has 0 unspecified atom stereocenters. The number of ether oxygens (including phenoxy) is 1. The summed E-state index contributed by atoms with van der Waals surface area (Å²) in [6.45, 7) is 1.37. The molecule has 4 aromatic carbocycles. The SMILES string of the molecule is CC(=O)Oc1cc2ccc(-c3nc4ccccc4o3)cc2cc1-c1nc2ccccc2o1. The van der Waals surface area contributed by atoms with Crippen LogP contribution in [0.5, 0.6) is 5.75 Å². The molecule has 32 heavy (non-hydrogen) atoms. The summed E-state index contributed by atoms with van der Waals surface area (Å²) >= 11 is 0. The first kappa shape index (κ1) is 18.3. The third-order valence-corrected chi connectivity index (χ3v) is 5.26. The van der Waals surface area contributed by atoms with E-state index in [1.165, 1.54) is 6.92 Å². The van der Waals surface area contributed by atoms with E-state index in [0.29, 0.717) is 28.7 Å². The molecule has 0 saturated heterocycles. The zero-order valence-electron chi connectivity index (χ0n) is 17.0. The Morgan fingerprint density at radius 3 is 2.09 bits per heavy atom. The molecule has 0 saturated carbocycles. The second-order valence-corrected chi connectivity index (χ2v) is 7.48. The third-order valence-electron chi connectivity index (χ3n) is 5.26. The van der Waals surface area contributed by atoms with Gasteiger partial charge in [-0.1, -0.05) is 30.3 Å². The summed E-state index contributed by atoms with van der Waals surface area (Å²) in [7, 11) is 0.